The Labute approximate surface area is 156 Å². The molecule has 27 heavy (non-hydrogen) atoms. The summed E-state index contributed by atoms with van der Waals surface area (Å²) < 4.78 is 15.3. The number of hydrogen-bond donors (Lipinski definition) is 2. The molecule has 0 unspecified atom stereocenters. The fourth-order valence-corrected chi connectivity index (χ4v) is 3.61. The highest BCUT2D eigenvalue weighted by molar-refractivity contribution is 5.77. The molecule has 7 nitrogen and oxygen atoms in total. The lowest BCUT2D eigenvalue weighted by Gasteiger charge is -2.34. The largest absolute Gasteiger partial charge is 0.340 e. The first kappa shape index (κ1) is 17.5. The van der Waals surface area contributed by atoms with Crippen LogP contribution in [0.1, 0.15) is 42.4 Å². The van der Waals surface area contributed by atoms with Gasteiger partial charge >= 0.3 is 6.03 Å². The second-order valence-electron chi connectivity index (χ2n) is 7.03. The molecule has 0 spiro atoms. The van der Waals surface area contributed by atoms with Crippen molar-refractivity contribution in [1.82, 2.24) is 30.0 Å². The predicted molar refractivity (Wildman–Crippen MR) is 99.5 cm³/mol. The third-order valence-electron chi connectivity index (χ3n) is 5.31. The summed E-state index contributed by atoms with van der Waals surface area (Å²) >= 11 is 0. The molecule has 1 aliphatic heterocycles. The van der Waals surface area contributed by atoms with Gasteiger partial charge in [-0.25, -0.2) is 14.2 Å². The van der Waals surface area contributed by atoms with Crippen LogP contribution in [0.4, 0.5) is 9.18 Å². The minimum Gasteiger partial charge on any atom is -0.340 e. The number of benzene rings is 1. The summed E-state index contributed by atoms with van der Waals surface area (Å²) in [6.07, 6.45) is 4.60. The number of fused-ring (bicyclic) bond motifs is 1. The third-order valence-corrected chi connectivity index (χ3v) is 5.31. The maximum Gasteiger partial charge on any atom is 0.318 e. The van der Waals surface area contributed by atoms with E-state index in [9.17, 15) is 9.18 Å². The number of nitrogens with zero attached hydrogens (tertiary/aromatic N) is 4. The first-order chi connectivity index (χ1) is 13.0. The molecular formula is C19H23FN6O. The van der Waals surface area contributed by atoms with Gasteiger partial charge in [-0.1, -0.05) is 0 Å². The van der Waals surface area contributed by atoms with E-state index in [0.717, 1.165) is 30.5 Å². The van der Waals surface area contributed by atoms with Crippen LogP contribution >= 0.6 is 0 Å². The molecule has 1 saturated heterocycles. The molecule has 3 heterocycles. The number of imidazole rings is 1. The summed E-state index contributed by atoms with van der Waals surface area (Å²) in [5.74, 6) is 0.408. The van der Waals surface area contributed by atoms with Crippen LogP contribution in [-0.4, -0.2) is 37.2 Å². The van der Waals surface area contributed by atoms with Crippen molar-refractivity contribution in [3.63, 3.8) is 0 Å². The zero-order valence-electron chi connectivity index (χ0n) is 15.5. The Morgan fingerprint density at radius 2 is 2.26 bits per heavy atom. The van der Waals surface area contributed by atoms with Crippen molar-refractivity contribution >= 4 is 17.1 Å². The van der Waals surface area contributed by atoms with E-state index in [1.165, 1.54) is 12.1 Å². The van der Waals surface area contributed by atoms with Gasteiger partial charge in [-0.05, 0) is 44.4 Å². The van der Waals surface area contributed by atoms with E-state index in [-0.39, 0.29) is 17.9 Å². The van der Waals surface area contributed by atoms with Crippen LogP contribution in [0.15, 0.2) is 24.4 Å². The standard InChI is InChI=1S/C19H23FN6O/c1-12-13(11-22-25(12)2)10-21-19(27)26-8-4-3-5-17(26)18-23-15-7-6-14(20)9-16(15)24-18/h6-7,9,11,17H,3-5,8,10H2,1-2H3,(H,21,27)(H,23,24)/t17-/m1/s1. The molecule has 4 rings (SSSR count). The molecule has 1 aromatic carbocycles. The number of aryl methyl sites for hydroxylation is 1. The van der Waals surface area contributed by atoms with Gasteiger partial charge in [-0.3, -0.25) is 4.68 Å². The van der Waals surface area contributed by atoms with Crippen LogP contribution in [0, 0.1) is 12.7 Å². The number of hydrogen-bond acceptors (Lipinski definition) is 3. The van der Waals surface area contributed by atoms with Crippen LogP contribution in [-0.2, 0) is 13.6 Å². The van der Waals surface area contributed by atoms with E-state index in [1.54, 1.807) is 16.9 Å². The molecule has 2 aromatic heterocycles. The molecule has 0 radical (unpaired) electrons. The van der Waals surface area contributed by atoms with Crippen molar-refractivity contribution in [2.45, 2.75) is 38.8 Å². The minimum absolute atomic E-state index is 0.116. The minimum atomic E-state index is -0.303. The van der Waals surface area contributed by atoms with Crippen molar-refractivity contribution in [3.05, 3.63) is 47.3 Å². The van der Waals surface area contributed by atoms with Gasteiger partial charge in [0.15, 0.2) is 0 Å². The Morgan fingerprint density at radius 1 is 1.41 bits per heavy atom. The van der Waals surface area contributed by atoms with Gasteiger partial charge in [0.25, 0.3) is 0 Å². The van der Waals surface area contributed by atoms with Crippen molar-refractivity contribution in [1.29, 1.82) is 0 Å². The molecule has 8 heteroatoms. The van der Waals surface area contributed by atoms with Crippen molar-refractivity contribution in [3.8, 4) is 0 Å². The van der Waals surface area contributed by atoms with E-state index in [1.807, 2.05) is 18.9 Å². The highest BCUT2D eigenvalue weighted by atomic mass is 19.1. The number of piperidine rings is 1. The van der Waals surface area contributed by atoms with Crippen LogP contribution in [0.25, 0.3) is 11.0 Å². The lowest BCUT2D eigenvalue weighted by atomic mass is 10.0. The van der Waals surface area contributed by atoms with Crippen molar-refractivity contribution in [2.24, 2.45) is 7.05 Å². The second kappa shape index (κ2) is 7.02. The number of halogens is 1. The number of aromatic nitrogens is 4. The summed E-state index contributed by atoms with van der Waals surface area (Å²) in [5, 5.41) is 7.20. The lowest BCUT2D eigenvalue weighted by Crippen LogP contribution is -2.44. The molecule has 2 N–H and O–H groups in total. The number of likely N-dealkylation sites (tertiary alicyclic amines) is 1. The van der Waals surface area contributed by atoms with E-state index in [0.29, 0.717) is 29.9 Å². The van der Waals surface area contributed by atoms with Gasteiger partial charge in [-0.15, -0.1) is 0 Å². The van der Waals surface area contributed by atoms with Crippen molar-refractivity contribution < 1.29 is 9.18 Å². The van der Waals surface area contributed by atoms with Gasteiger partial charge in [0.1, 0.15) is 11.6 Å². The molecular weight excluding hydrogens is 347 g/mol. The smallest absolute Gasteiger partial charge is 0.318 e. The topological polar surface area (TPSA) is 78.8 Å². The summed E-state index contributed by atoms with van der Waals surface area (Å²) in [6.45, 7) is 3.09. The maximum absolute atomic E-state index is 13.5. The maximum atomic E-state index is 13.5. The molecule has 0 saturated carbocycles. The molecule has 0 aliphatic carbocycles. The average Bonchev–Trinajstić information content (AvgIpc) is 3.23. The van der Waals surface area contributed by atoms with Crippen LogP contribution in [0.3, 0.4) is 0 Å². The number of rotatable bonds is 3. The van der Waals surface area contributed by atoms with Gasteiger partial charge in [-0.2, -0.15) is 5.10 Å². The average molecular weight is 370 g/mol. The van der Waals surface area contributed by atoms with Crippen LogP contribution < -0.4 is 5.32 Å². The summed E-state index contributed by atoms with van der Waals surface area (Å²) in [7, 11) is 1.88. The lowest BCUT2D eigenvalue weighted by molar-refractivity contribution is 0.147. The highest BCUT2D eigenvalue weighted by Gasteiger charge is 2.30. The fourth-order valence-electron chi connectivity index (χ4n) is 3.61. The highest BCUT2D eigenvalue weighted by Crippen LogP contribution is 2.30. The first-order valence-corrected chi connectivity index (χ1v) is 9.20. The van der Waals surface area contributed by atoms with Gasteiger partial charge in [0.05, 0.1) is 23.3 Å². The van der Waals surface area contributed by atoms with E-state index < -0.39 is 0 Å². The zero-order valence-corrected chi connectivity index (χ0v) is 15.5. The summed E-state index contributed by atoms with van der Waals surface area (Å²) in [6, 6.07) is 4.24. The molecule has 1 atom stereocenters. The number of nitrogens with one attached hydrogen (secondary N) is 2. The van der Waals surface area contributed by atoms with Gasteiger partial charge in [0, 0.05) is 31.4 Å². The van der Waals surface area contributed by atoms with Crippen molar-refractivity contribution in [2.75, 3.05) is 6.54 Å². The molecule has 3 aromatic rings. The third kappa shape index (κ3) is 3.39. The molecule has 2 amide bonds. The quantitative estimate of drug-likeness (QED) is 0.743. The SMILES string of the molecule is Cc1c(CNC(=O)N2CCCC[C@@H]2c2nc3ccc(F)cc3[nH]2)cnn1C. The fraction of sp³-hybridized carbons (Fsp3) is 0.421. The molecule has 1 fully saturated rings. The summed E-state index contributed by atoms with van der Waals surface area (Å²) in [4.78, 5) is 22.4. The number of carbonyl (C=O) groups excluding carboxylic acids is 1. The Morgan fingerprint density at radius 3 is 3.04 bits per heavy atom. The Bertz CT molecular complexity index is 978. The summed E-state index contributed by atoms with van der Waals surface area (Å²) in [5.41, 5.74) is 3.40. The monoisotopic (exact) mass is 370 g/mol. The molecule has 1 aliphatic rings. The van der Waals surface area contributed by atoms with Crippen LogP contribution in [0.2, 0.25) is 0 Å². The number of amides is 2. The van der Waals surface area contributed by atoms with E-state index >= 15 is 0 Å². The van der Waals surface area contributed by atoms with Gasteiger partial charge in [0.2, 0.25) is 0 Å². The zero-order chi connectivity index (χ0) is 19.0. The Balaban J connectivity index is 1.52. The van der Waals surface area contributed by atoms with Crippen LogP contribution in [0.5, 0.6) is 0 Å². The molecule has 142 valence electrons. The molecule has 0 bridgehead atoms. The predicted octanol–water partition coefficient (Wildman–Crippen LogP) is 3.18. The van der Waals surface area contributed by atoms with E-state index in [2.05, 4.69) is 20.4 Å². The number of urea groups is 1. The number of aromatic amines is 1. The first-order valence-electron chi connectivity index (χ1n) is 9.20. The normalized spacial score (nSPS) is 17.4. The van der Waals surface area contributed by atoms with E-state index in [4.69, 9.17) is 0 Å². The second-order valence-corrected chi connectivity index (χ2v) is 7.03. The Kier molecular flexibility index (Phi) is 4.55. The number of carbonyl (C=O) groups is 1. The number of H-pyrrole nitrogens is 1. The van der Waals surface area contributed by atoms with Gasteiger partial charge < -0.3 is 15.2 Å². The Hall–Kier alpha value is -2.90.